The van der Waals surface area contributed by atoms with E-state index in [1.54, 1.807) is 29.7 Å². The highest BCUT2D eigenvalue weighted by Gasteiger charge is 2.18. The lowest BCUT2D eigenvalue weighted by molar-refractivity contribution is -0.143. The van der Waals surface area contributed by atoms with Crippen LogP contribution in [0.4, 0.5) is 0 Å². The average molecular weight is 491 g/mol. The molecule has 0 saturated carbocycles. The van der Waals surface area contributed by atoms with E-state index >= 15 is 0 Å². The third-order valence-corrected chi connectivity index (χ3v) is 7.04. The molecule has 0 aliphatic carbocycles. The first-order chi connectivity index (χ1) is 15.7. The van der Waals surface area contributed by atoms with Gasteiger partial charge in [-0.15, -0.1) is 0 Å². The second kappa shape index (κ2) is 9.36. The van der Waals surface area contributed by atoms with Crippen molar-refractivity contribution in [1.29, 1.82) is 0 Å². The summed E-state index contributed by atoms with van der Waals surface area (Å²) in [5.41, 5.74) is 1.31. The number of carbonyl (C=O) groups excluding carboxylic acids is 2. The maximum absolute atomic E-state index is 12.7. The molecule has 0 fully saturated rings. The van der Waals surface area contributed by atoms with Crippen LogP contribution in [0.3, 0.4) is 0 Å². The van der Waals surface area contributed by atoms with E-state index in [0.29, 0.717) is 40.6 Å². The number of ether oxygens (including phenoxy) is 3. The number of fused-ring (bicyclic) bond motifs is 2. The van der Waals surface area contributed by atoms with Crippen LogP contribution in [0.1, 0.15) is 12.5 Å². The highest BCUT2D eigenvalue weighted by Crippen LogP contribution is 2.35. The molecular formula is C22H22N2O7S2. The molecule has 1 amide bonds. The minimum atomic E-state index is -3.31. The van der Waals surface area contributed by atoms with E-state index in [0.717, 1.165) is 11.0 Å². The summed E-state index contributed by atoms with van der Waals surface area (Å²) < 4.78 is 42.0. The van der Waals surface area contributed by atoms with Gasteiger partial charge in [0.1, 0.15) is 19.8 Å². The number of hydrogen-bond acceptors (Lipinski definition) is 8. The summed E-state index contributed by atoms with van der Waals surface area (Å²) >= 11 is 1.25. The highest BCUT2D eigenvalue weighted by atomic mass is 32.2. The second-order valence-electron chi connectivity index (χ2n) is 7.34. The number of aromatic nitrogens is 1. The van der Waals surface area contributed by atoms with Gasteiger partial charge in [0.05, 0.1) is 28.1 Å². The number of rotatable bonds is 6. The van der Waals surface area contributed by atoms with Crippen LogP contribution in [-0.4, -0.2) is 50.9 Å². The van der Waals surface area contributed by atoms with E-state index < -0.39 is 21.7 Å². The number of nitrogens with zero attached hydrogens (tertiary/aromatic N) is 2. The van der Waals surface area contributed by atoms with Crippen molar-refractivity contribution in [2.45, 2.75) is 24.8 Å². The Morgan fingerprint density at radius 1 is 1.12 bits per heavy atom. The Bertz CT molecular complexity index is 1390. The number of benzene rings is 2. The van der Waals surface area contributed by atoms with Crippen LogP contribution in [0, 0.1) is 0 Å². The molecule has 9 nitrogen and oxygen atoms in total. The molecule has 0 bridgehead atoms. The zero-order valence-electron chi connectivity index (χ0n) is 18.1. The fourth-order valence-electron chi connectivity index (χ4n) is 3.36. The standard InChI is InChI=1S/C22H22N2O7S2/c1-3-29-21(26)13-24-16-11-17-18(31-9-8-30-17)12-19(16)32-22(24)23-20(25)10-14-4-6-15(7-5-14)33(2,27)28/h4-7,11-12H,3,8-10,13H2,1-2H3. The molecule has 174 valence electrons. The van der Waals surface area contributed by atoms with Gasteiger partial charge in [-0.05, 0) is 24.6 Å². The van der Waals surface area contributed by atoms with Gasteiger partial charge in [0.2, 0.25) is 0 Å². The largest absolute Gasteiger partial charge is 0.486 e. The Morgan fingerprint density at radius 3 is 2.42 bits per heavy atom. The molecule has 33 heavy (non-hydrogen) atoms. The van der Waals surface area contributed by atoms with Gasteiger partial charge in [-0.25, -0.2) is 8.42 Å². The van der Waals surface area contributed by atoms with Crippen LogP contribution in [0.15, 0.2) is 46.3 Å². The molecule has 0 unspecified atom stereocenters. The lowest BCUT2D eigenvalue weighted by Crippen LogP contribution is -2.23. The number of carbonyl (C=O) groups is 2. The minimum Gasteiger partial charge on any atom is -0.486 e. The van der Waals surface area contributed by atoms with Crippen LogP contribution >= 0.6 is 11.3 Å². The number of esters is 1. The molecular weight excluding hydrogens is 468 g/mol. The van der Waals surface area contributed by atoms with Gasteiger partial charge >= 0.3 is 5.97 Å². The fourth-order valence-corrected chi connectivity index (χ4v) is 5.04. The Labute approximate surface area is 194 Å². The van der Waals surface area contributed by atoms with Crippen LogP contribution in [0.5, 0.6) is 11.5 Å². The van der Waals surface area contributed by atoms with Gasteiger partial charge in [-0.3, -0.25) is 9.59 Å². The van der Waals surface area contributed by atoms with E-state index in [9.17, 15) is 18.0 Å². The third-order valence-electron chi connectivity index (χ3n) is 4.87. The van der Waals surface area contributed by atoms with Gasteiger partial charge in [0, 0.05) is 18.4 Å². The van der Waals surface area contributed by atoms with E-state index in [1.807, 2.05) is 6.07 Å². The van der Waals surface area contributed by atoms with Gasteiger partial charge in [-0.2, -0.15) is 4.99 Å². The summed E-state index contributed by atoms with van der Waals surface area (Å²) in [4.78, 5) is 29.7. The first-order valence-electron chi connectivity index (χ1n) is 10.2. The molecule has 0 atom stereocenters. The Balaban J connectivity index is 1.70. The average Bonchev–Trinajstić information content (AvgIpc) is 3.07. The molecule has 1 aliphatic heterocycles. The summed E-state index contributed by atoms with van der Waals surface area (Å²) in [6, 6.07) is 9.68. The van der Waals surface area contributed by atoms with Crippen molar-refractivity contribution in [3.05, 3.63) is 46.8 Å². The summed E-state index contributed by atoms with van der Waals surface area (Å²) in [7, 11) is -3.31. The quantitative estimate of drug-likeness (QED) is 0.486. The van der Waals surface area contributed by atoms with E-state index in [1.165, 1.54) is 23.5 Å². The number of thiazole rings is 1. The summed E-state index contributed by atoms with van der Waals surface area (Å²) in [5.74, 6) is 0.288. The lowest BCUT2D eigenvalue weighted by atomic mass is 10.1. The Morgan fingerprint density at radius 2 is 1.79 bits per heavy atom. The van der Waals surface area contributed by atoms with Crippen LogP contribution in [0.25, 0.3) is 10.2 Å². The lowest BCUT2D eigenvalue weighted by Gasteiger charge is -2.18. The van der Waals surface area contributed by atoms with Crippen molar-refractivity contribution < 1.29 is 32.2 Å². The molecule has 0 N–H and O–H groups in total. The zero-order valence-corrected chi connectivity index (χ0v) is 19.7. The monoisotopic (exact) mass is 490 g/mol. The van der Waals surface area contributed by atoms with E-state index in [4.69, 9.17) is 14.2 Å². The Hall–Kier alpha value is -3.18. The summed E-state index contributed by atoms with van der Waals surface area (Å²) in [6.45, 7) is 2.72. The predicted octanol–water partition coefficient (Wildman–Crippen LogP) is 2.11. The van der Waals surface area contributed by atoms with E-state index in [-0.39, 0.29) is 24.5 Å². The van der Waals surface area contributed by atoms with Crippen molar-refractivity contribution in [2.75, 3.05) is 26.1 Å². The van der Waals surface area contributed by atoms with E-state index in [2.05, 4.69) is 4.99 Å². The molecule has 0 saturated heterocycles. The SMILES string of the molecule is CCOC(=O)Cn1c(=NC(=O)Cc2ccc(S(C)(=O)=O)cc2)sc2cc3c(cc21)OCCO3. The molecule has 0 spiro atoms. The number of sulfone groups is 1. The topological polar surface area (TPSA) is 113 Å². The zero-order chi connectivity index (χ0) is 23.6. The molecule has 0 radical (unpaired) electrons. The van der Waals surface area contributed by atoms with Crippen molar-refractivity contribution >= 4 is 43.3 Å². The number of amides is 1. The van der Waals surface area contributed by atoms with Gasteiger partial charge < -0.3 is 18.8 Å². The second-order valence-corrected chi connectivity index (χ2v) is 10.4. The maximum atomic E-state index is 12.7. The van der Waals surface area contributed by atoms with Crippen molar-refractivity contribution in [1.82, 2.24) is 4.57 Å². The van der Waals surface area contributed by atoms with Crippen LogP contribution < -0.4 is 14.3 Å². The van der Waals surface area contributed by atoms with Crippen LogP contribution in [-0.2, 0) is 37.1 Å². The normalized spacial score (nSPS) is 13.8. The Kier molecular flexibility index (Phi) is 6.52. The molecule has 4 rings (SSSR count). The summed E-state index contributed by atoms with van der Waals surface area (Å²) in [6.07, 6.45) is 1.11. The van der Waals surface area contributed by atoms with Gasteiger partial charge in [0.15, 0.2) is 26.1 Å². The summed E-state index contributed by atoms with van der Waals surface area (Å²) in [5, 5.41) is 0. The predicted molar refractivity (Wildman–Crippen MR) is 121 cm³/mol. The van der Waals surface area contributed by atoms with Gasteiger partial charge in [-0.1, -0.05) is 23.5 Å². The number of hydrogen-bond donors (Lipinski definition) is 0. The molecule has 3 aromatic rings. The molecule has 11 heteroatoms. The maximum Gasteiger partial charge on any atom is 0.326 e. The minimum absolute atomic E-state index is 0.0135. The van der Waals surface area contributed by atoms with Crippen molar-refractivity contribution in [2.24, 2.45) is 4.99 Å². The third kappa shape index (κ3) is 5.25. The van der Waals surface area contributed by atoms with Crippen molar-refractivity contribution in [3.8, 4) is 11.5 Å². The highest BCUT2D eigenvalue weighted by molar-refractivity contribution is 7.90. The first-order valence-corrected chi connectivity index (χ1v) is 12.9. The fraction of sp³-hybridized carbons (Fsp3) is 0.318. The molecule has 1 aliphatic rings. The van der Waals surface area contributed by atoms with Gasteiger partial charge in [0.25, 0.3) is 5.91 Å². The molecule has 2 aromatic carbocycles. The van der Waals surface area contributed by atoms with Crippen LogP contribution in [0.2, 0.25) is 0 Å². The first kappa shape index (κ1) is 23.0. The molecule has 2 heterocycles. The smallest absolute Gasteiger partial charge is 0.326 e. The van der Waals surface area contributed by atoms with Crippen molar-refractivity contribution in [3.63, 3.8) is 0 Å². The molecule has 1 aromatic heterocycles.